The fraction of sp³-hybridized carbons (Fsp3) is 0.0909. The monoisotopic (exact) mass is 198 g/mol. The third kappa shape index (κ3) is 1.22. The second kappa shape index (κ2) is 2.95. The smallest absolute Gasteiger partial charge is 0.0958 e. The van der Waals surface area contributed by atoms with Crippen molar-refractivity contribution in [3.8, 4) is 11.3 Å². The summed E-state index contributed by atoms with van der Waals surface area (Å²) in [6, 6.07) is 6.09. The van der Waals surface area contributed by atoms with Crippen LogP contribution in [0.15, 0.2) is 36.8 Å². The molecule has 0 aromatic carbocycles. The van der Waals surface area contributed by atoms with E-state index in [-0.39, 0.29) is 0 Å². The number of hydrogen-bond donors (Lipinski definition) is 1. The molecule has 3 heterocycles. The lowest BCUT2D eigenvalue weighted by Gasteiger charge is -1.96. The average molecular weight is 198 g/mol. The lowest BCUT2D eigenvalue weighted by atomic mass is 10.2. The first-order valence-electron chi connectivity index (χ1n) is 4.79. The van der Waals surface area contributed by atoms with Gasteiger partial charge in [-0.2, -0.15) is 10.2 Å². The topological polar surface area (TPSA) is 46.0 Å². The Kier molecular flexibility index (Phi) is 1.62. The lowest BCUT2D eigenvalue weighted by molar-refractivity contribution is 0.958. The van der Waals surface area contributed by atoms with Crippen LogP contribution in [-0.2, 0) is 0 Å². The molecule has 0 unspecified atom stereocenters. The third-order valence-electron chi connectivity index (χ3n) is 2.45. The normalized spacial score (nSPS) is 11.0. The Morgan fingerprint density at radius 1 is 1.33 bits per heavy atom. The van der Waals surface area contributed by atoms with Crippen molar-refractivity contribution in [2.75, 3.05) is 0 Å². The number of aryl methyl sites for hydroxylation is 1. The zero-order chi connectivity index (χ0) is 10.3. The van der Waals surface area contributed by atoms with Gasteiger partial charge in [0.1, 0.15) is 0 Å². The van der Waals surface area contributed by atoms with Crippen LogP contribution >= 0.6 is 0 Å². The highest BCUT2D eigenvalue weighted by molar-refractivity contribution is 5.77. The molecule has 4 heteroatoms. The predicted octanol–water partition coefficient (Wildman–Crippen LogP) is 2.03. The first kappa shape index (κ1) is 8.23. The largest absolute Gasteiger partial charge is 0.285 e. The minimum Gasteiger partial charge on any atom is -0.285 e. The van der Waals surface area contributed by atoms with E-state index in [4.69, 9.17) is 0 Å². The summed E-state index contributed by atoms with van der Waals surface area (Å²) >= 11 is 0. The molecule has 3 aromatic rings. The summed E-state index contributed by atoms with van der Waals surface area (Å²) in [6.07, 6.45) is 5.61. The maximum absolute atomic E-state index is 4.28. The number of rotatable bonds is 1. The maximum atomic E-state index is 4.28. The molecular formula is C11H10N4. The summed E-state index contributed by atoms with van der Waals surface area (Å²) in [5, 5.41) is 11.2. The molecular weight excluding hydrogens is 188 g/mol. The minimum atomic E-state index is 0.926. The lowest BCUT2D eigenvalue weighted by Crippen LogP contribution is -1.86. The summed E-state index contributed by atoms with van der Waals surface area (Å²) < 4.78 is 1.86. The summed E-state index contributed by atoms with van der Waals surface area (Å²) in [4.78, 5) is 0. The zero-order valence-corrected chi connectivity index (χ0v) is 8.31. The van der Waals surface area contributed by atoms with E-state index in [1.807, 2.05) is 35.2 Å². The van der Waals surface area contributed by atoms with Crippen LogP contribution in [0.4, 0.5) is 0 Å². The first-order chi connectivity index (χ1) is 7.34. The molecule has 3 rings (SSSR count). The van der Waals surface area contributed by atoms with Crippen LogP contribution in [0.3, 0.4) is 0 Å². The van der Waals surface area contributed by atoms with Crippen molar-refractivity contribution < 1.29 is 0 Å². The van der Waals surface area contributed by atoms with Crippen LogP contribution < -0.4 is 0 Å². The summed E-state index contributed by atoms with van der Waals surface area (Å²) in [5.41, 5.74) is 4.29. The molecule has 0 fully saturated rings. The molecule has 0 aliphatic carbocycles. The second-order valence-electron chi connectivity index (χ2n) is 3.55. The SMILES string of the molecule is Cc1ccn2ncc(-c3cc[nH]n3)c2c1. The Morgan fingerprint density at radius 3 is 3.07 bits per heavy atom. The van der Waals surface area contributed by atoms with Gasteiger partial charge in [-0.25, -0.2) is 4.52 Å². The molecule has 3 aromatic heterocycles. The maximum Gasteiger partial charge on any atom is 0.0958 e. The van der Waals surface area contributed by atoms with Gasteiger partial charge >= 0.3 is 0 Å². The van der Waals surface area contributed by atoms with Crippen LogP contribution in [-0.4, -0.2) is 19.8 Å². The highest BCUT2D eigenvalue weighted by atomic mass is 15.2. The molecule has 1 N–H and O–H groups in total. The van der Waals surface area contributed by atoms with Gasteiger partial charge in [0.05, 0.1) is 17.4 Å². The molecule has 0 saturated carbocycles. The standard InChI is InChI=1S/C11H10N4/c1-8-3-5-15-11(6-8)9(7-13-15)10-2-4-12-14-10/h2-7H,1H3,(H,12,14). The minimum absolute atomic E-state index is 0.926. The molecule has 0 radical (unpaired) electrons. The number of aromatic nitrogens is 4. The molecule has 0 saturated heterocycles. The summed E-state index contributed by atoms with van der Waals surface area (Å²) in [5.74, 6) is 0. The van der Waals surface area contributed by atoms with E-state index in [0.717, 1.165) is 16.8 Å². The number of aromatic amines is 1. The van der Waals surface area contributed by atoms with E-state index in [9.17, 15) is 0 Å². The van der Waals surface area contributed by atoms with Crippen molar-refractivity contribution in [2.45, 2.75) is 6.92 Å². The van der Waals surface area contributed by atoms with Gasteiger partial charge in [0.25, 0.3) is 0 Å². The molecule has 0 amide bonds. The molecule has 4 nitrogen and oxygen atoms in total. The Balaban J connectivity index is 2.32. The van der Waals surface area contributed by atoms with Gasteiger partial charge in [0, 0.05) is 18.0 Å². The van der Waals surface area contributed by atoms with E-state index in [2.05, 4.69) is 28.3 Å². The molecule has 15 heavy (non-hydrogen) atoms. The van der Waals surface area contributed by atoms with Gasteiger partial charge in [-0.15, -0.1) is 0 Å². The molecule has 0 atom stereocenters. The fourth-order valence-electron chi connectivity index (χ4n) is 1.69. The van der Waals surface area contributed by atoms with Gasteiger partial charge < -0.3 is 0 Å². The zero-order valence-electron chi connectivity index (χ0n) is 8.31. The molecule has 0 bridgehead atoms. The van der Waals surface area contributed by atoms with Crippen molar-refractivity contribution in [1.29, 1.82) is 0 Å². The van der Waals surface area contributed by atoms with E-state index >= 15 is 0 Å². The number of nitrogens with zero attached hydrogens (tertiary/aromatic N) is 3. The number of nitrogens with one attached hydrogen (secondary N) is 1. The Labute approximate surface area is 86.6 Å². The van der Waals surface area contributed by atoms with Crippen molar-refractivity contribution >= 4 is 5.52 Å². The quantitative estimate of drug-likeness (QED) is 0.650. The van der Waals surface area contributed by atoms with Crippen LogP contribution in [0.1, 0.15) is 5.56 Å². The van der Waals surface area contributed by atoms with Crippen LogP contribution in [0.25, 0.3) is 16.8 Å². The van der Waals surface area contributed by atoms with Gasteiger partial charge in [-0.3, -0.25) is 5.10 Å². The number of hydrogen-bond acceptors (Lipinski definition) is 2. The summed E-state index contributed by atoms with van der Waals surface area (Å²) in [6.45, 7) is 2.07. The molecule has 0 aliphatic heterocycles. The van der Waals surface area contributed by atoms with E-state index < -0.39 is 0 Å². The number of fused-ring (bicyclic) bond motifs is 1. The van der Waals surface area contributed by atoms with Crippen molar-refractivity contribution in [3.63, 3.8) is 0 Å². The first-order valence-corrected chi connectivity index (χ1v) is 4.79. The third-order valence-corrected chi connectivity index (χ3v) is 2.45. The second-order valence-corrected chi connectivity index (χ2v) is 3.55. The van der Waals surface area contributed by atoms with Crippen molar-refractivity contribution in [2.24, 2.45) is 0 Å². The van der Waals surface area contributed by atoms with E-state index in [0.29, 0.717) is 0 Å². The molecule has 0 spiro atoms. The van der Waals surface area contributed by atoms with Crippen molar-refractivity contribution in [1.82, 2.24) is 19.8 Å². The summed E-state index contributed by atoms with van der Waals surface area (Å²) in [7, 11) is 0. The van der Waals surface area contributed by atoms with Gasteiger partial charge in [-0.05, 0) is 30.7 Å². The Morgan fingerprint density at radius 2 is 2.27 bits per heavy atom. The highest BCUT2D eigenvalue weighted by Crippen LogP contribution is 2.22. The van der Waals surface area contributed by atoms with Gasteiger partial charge in [0.2, 0.25) is 0 Å². The van der Waals surface area contributed by atoms with Gasteiger partial charge in [0.15, 0.2) is 0 Å². The van der Waals surface area contributed by atoms with Crippen LogP contribution in [0, 0.1) is 6.92 Å². The van der Waals surface area contributed by atoms with Crippen LogP contribution in [0.5, 0.6) is 0 Å². The molecule has 0 aliphatic rings. The van der Waals surface area contributed by atoms with Crippen molar-refractivity contribution in [3.05, 3.63) is 42.4 Å². The van der Waals surface area contributed by atoms with Crippen LogP contribution in [0.2, 0.25) is 0 Å². The van der Waals surface area contributed by atoms with E-state index in [1.165, 1.54) is 5.56 Å². The number of pyridine rings is 1. The highest BCUT2D eigenvalue weighted by Gasteiger charge is 2.07. The fourth-order valence-corrected chi connectivity index (χ4v) is 1.69. The number of H-pyrrole nitrogens is 1. The Bertz CT molecular complexity index is 592. The predicted molar refractivity (Wildman–Crippen MR) is 57.5 cm³/mol. The Hall–Kier alpha value is -2.10. The molecule has 74 valence electrons. The van der Waals surface area contributed by atoms with Gasteiger partial charge in [-0.1, -0.05) is 0 Å². The average Bonchev–Trinajstić information content (AvgIpc) is 2.83. The van der Waals surface area contributed by atoms with E-state index in [1.54, 1.807) is 0 Å².